The summed E-state index contributed by atoms with van der Waals surface area (Å²) in [7, 11) is 0. The molecule has 2 aromatic rings. The summed E-state index contributed by atoms with van der Waals surface area (Å²) in [6, 6.07) is 17.9. The van der Waals surface area contributed by atoms with E-state index in [-0.39, 0.29) is 12.5 Å². The van der Waals surface area contributed by atoms with E-state index in [0.717, 1.165) is 16.7 Å². The maximum Gasteiger partial charge on any atom is 0.315 e. The number of benzene rings is 2. The van der Waals surface area contributed by atoms with E-state index in [0.29, 0.717) is 13.0 Å². The van der Waals surface area contributed by atoms with Gasteiger partial charge in [0.05, 0.1) is 6.07 Å². The number of nitriles is 1. The van der Waals surface area contributed by atoms with Crippen molar-refractivity contribution in [2.24, 2.45) is 0 Å². The van der Waals surface area contributed by atoms with Crippen molar-refractivity contribution in [1.29, 1.82) is 5.26 Å². The fraction of sp³-hybridized carbons (Fsp3) is 0.250. The van der Waals surface area contributed by atoms with Crippen LogP contribution in [0.25, 0.3) is 0 Å². The molecule has 0 radical (unpaired) electrons. The standard InChI is InChI=1S/C20H22N4O2/c1-15-7-9-17(10-8-15)14-23-20(26)24-18(19(25)22-12-11-21)13-16-5-3-2-4-6-16/h2-10,18H,12-14H2,1H3,(H,22,25)(H2,23,24,26). The Bertz CT molecular complexity index is 767. The summed E-state index contributed by atoms with van der Waals surface area (Å²) in [6.45, 7) is 2.26. The SMILES string of the molecule is Cc1ccc(CNC(=O)NC(Cc2ccccc2)C(=O)NCC#N)cc1. The molecule has 0 aliphatic rings. The molecule has 0 fully saturated rings. The third-order valence-electron chi connectivity index (χ3n) is 3.82. The molecule has 0 spiro atoms. The van der Waals surface area contributed by atoms with Crippen molar-refractivity contribution in [3.63, 3.8) is 0 Å². The molecule has 0 saturated carbocycles. The zero-order valence-electron chi connectivity index (χ0n) is 14.7. The van der Waals surface area contributed by atoms with Crippen molar-refractivity contribution in [1.82, 2.24) is 16.0 Å². The molecule has 2 aromatic carbocycles. The van der Waals surface area contributed by atoms with Gasteiger partial charge in [-0.1, -0.05) is 60.2 Å². The second-order valence-corrected chi connectivity index (χ2v) is 5.93. The lowest BCUT2D eigenvalue weighted by molar-refractivity contribution is -0.122. The number of carbonyl (C=O) groups excluding carboxylic acids is 2. The molecule has 2 rings (SSSR count). The van der Waals surface area contributed by atoms with Crippen LogP contribution in [0.5, 0.6) is 0 Å². The van der Waals surface area contributed by atoms with Crippen molar-refractivity contribution in [3.05, 3.63) is 71.3 Å². The van der Waals surface area contributed by atoms with E-state index >= 15 is 0 Å². The average Bonchev–Trinajstić information content (AvgIpc) is 2.66. The number of rotatable bonds is 7. The molecule has 0 bridgehead atoms. The van der Waals surface area contributed by atoms with Crippen LogP contribution in [0.4, 0.5) is 4.79 Å². The van der Waals surface area contributed by atoms with Gasteiger partial charge in [0.15, 0.2) is 0 Å². The van der Waals surface area contributed by atoms with Crippen LogP contribution in [0.3, 0.4) is 0 Å². The lowest BCUT2D eigenvalue weighted by Gasteiger charge is -2.18. The van der Waals surface area contributed by atoms with Crippen molar-refractivity contribution in [3.8, 4) is 6.07 Å². The topological polar surface area (TPSA) is 94.0 Å². The number of hydrogen-bond acceptors (Lipinski definition) is 3. The average molecular weight is 350 g/mol. The van der Waals surface area contributed by atoms with E-state index in [9.17, 15) is 9.59 Å². The fourth-order valence-electron chi connectivity index (χ4n) is 2.41. The zero-order chi connectivity index (χ0) is 18.8. The molecule has 0 aromatic heterocycles. The van der Waals surface area contributed by atoms with Crippen LogP contribution in [-0.4, -0.2) is 24.5 Å². The Morgan fingerprint density at radius 3 is 2.35 bits per heavy atom. The number of aryl methyl sites for hydroxylation is 1. The lowest BCUT2D eigenvalue weighted by Crippen LogP contribution is -2.51. The summed E-state index contributed by atoms with van der Waals surface area (Å²) in [5.41, 5.74) is 3.04. The molecule has 0 aliphatic carbocycles. The summed E-state index contributed by atoms with van der Waals surface area (Å²) < 4.78 is 0. The number of urea groups is 1. The maximum absolute atomic E-state index is 12.2. The lowest BCUT2D eigenvalue weighted by atomic mass is 10.1. The molecule has 134 valence electrons. The van der Waals surface area contributed by atoms with Crippen LogP contribution >= 0.6 is 0 Å². The highest BCUT2D eigenvalue weighted by Crippen LogP contribution is 2.05. The van der Waals surface area contributed by atoms with Crippen LogP contribution in [0.2, 0.25) is 0 Å². The van der Waals surface area contributed by atoms with E-state index in [1.807, 2.05) is 67.6 Å². The highest BCUT2D eigenvalue weighted by atomic mass is 16.2. The van der Waals surface area contributed by atoms with Crippen molar-refractivity contribution in [2.45, 2.75) is 25.9 Å². The first kappa shape index (κ1) is 19.0. The molecule has 6 nitrogen and oxygen atoms in total. The maximum atomic E-state index is 12.2. The van der Waals surface area contributed by atoms with Gasteiger partial charge in [0.2, 0.25) is 5.91 Å². The van der Waals surface area contributed by atoms with Gasteiger partial charge < -0.3 is 16.0 Å². The number of carbonyl (C=O) groups is 2. The molecular formula is C20H22N4O2. The normalized spacial score (nSPS) is 11.1. The van der Waals surface area contributed by atoms with Crippen LogP contribution in [0.15, 0.2) is 54.6 Å². The first-order chi connectivity index (χ1) is 12.6. The molecular weight excluding hydrogens is 328 g/mol. The van der Waals surface area contributed by atoms with Gasteiger partial charge in [0.1, 0.15) is 12.6 Å². The Kier molecular flexibility index (Phi) is 7.19. The largest absolute Gasteiger partial charge is 0.341 e. The van der Waals surface area contributed by atoms with E-state index in [2.05, 4.69) is 16.0 Å². The molecule has 26 heavy (non-hydrogen) atoms. The molecule has 1 unspecified atom stereocenters. The minimum atomic E-state index is -0.760. The molecule has 0 aliphatic heterocycles. The Morgan fingerprint density at radius 2 is 1.69 bits per heavy atom. The third-order valence-corrected chi connectivity index (χ3v) is 3.82. The van der Waals surface area contributed by atoms with Gasteiger partial charge in [-0.2, -0.15) is 5.26 Å². The predicted molar refractivity (Wildman–Crippen MR) is 99.1 cm³/mol. The Labute approximate surface area is 153 Å². The first-order valence-electron chi connectivity index (χ1n) is 8.37. The fourth-order valence-corrected chi connectivity index (χ4v) is 2.41. The zero-order valence-corrected chi connectivity index (χ0v) is 14.7. The third kappa shape index (κ3) is 6.29. The van der Waals surface area contributed by atoms with E-state index in [4.69, 9.17) is 5.26 Å². The highest BCUT2D eigenvalue weighted by Gasteiger charge is 2.20. The molecule has 0 saturated heterocycles. The quantitative estimate of drug-likeness (QED) is 0.667. The Balaban J connectivity index is 1.95. The van der Waals surface area contributed by atoms with Crippen LogP contribution < -0.4 is 16.0 Å². The highest BCUT2D eigenvalue weighted by molar-refractivity contribution is 5.87. The van der Waals surface area contributed by atoms with Gasteiger partial charge >= 0.3 is 6.03 Å². The molecule has 0 heterocycles. The minimum Gasteiger partial charge on any atom is -0.341 e. The van der Waals surface area contributed by atoms with Gasteiger partial charge in [-0.05, 0) is 18.1 Å². The van der Waals surface area contributed by atoms with Crippen LogP contribution in [0, 0.1) is 18.3 Å². The predicted octanol–water partition coefficient (Wildman–Crippen LogP) is 2.05. The summed E-state index contributed by atoms with van der Waals surface area (Å²) in [5.74, 6) is -0.388. The number of hydrogen-bond donors (Lipinski definition) is 3. The van der Waals surface area contributed by atoms with E-state index in [1.54, 1.807) is 0 Å². The van der Waals surface area contributed by atoms with Gasteiger partial charge in [-0.25, -0.2) is 4.79 Å². The second-order valence-electron chi connectivity index (χ2n) is 5.93. The first-order valence-corrected chi connectivity index (χ1v) is 8.37. The van der Waals surface area contributed by atoms with Gasteiger partial charge in [0.25, 0.3) is 0 Å². The van der Waals surface area contributed by atoms with Crippen molar-refractivity contribution < 1.29 is 9.59 Å². The van der Waals surface area contributed by atoms with E-state index < -0.39 is 12.1 Å². The van der Waals surface area contributed by atoms with Crippen LogP contribution in [-0.2, 0) is 17.8 Å². The summed E-state index contributed by atoms with van der Waals surface area (Å²) in [5, 5.41) is 16.6. The van der Waals surface area contributed by atoms with Gasteiger partial charge in [0, 0.05) is 13.0 Å². The monoisotopic (exact) mass is 350 g/mol. The Morgan fingerprint density at radius 1 is 1.00 bits per heavy atom. The smallest absolute Gasteiger partial charge is 0.315 e. The van der Waals surface area contributed by atoms with Crippen molar-refractivity contribution >= 4 is 11.9 Å². The summed E-state index contributed by atoms with van der Waals surface area (Å²) >= 11 is 0. The van der Waals surface area contributed by atoms with Gasteiger partial charge in [-0.3, -0.25) is 4.79 Å². The number of nitrogens with one attached hydrogen (secondary N) is 3. The number of amides is 3. The van der Waals surface area contributed by atoms with E-state index in [1.165, 1.54) is 0 Å². The van der Waals surface area contributed by atoms with Crippen LogP contribution in [0.1, 0.15) is 16.7 Å². The Hall–Kier alpha value is -3.33. The van der Waals surface area contributed by atoms with Crippen molar-refractivity contribution in [2.75, 3.05) is 6.54 Å². The second kappa shape index (κ2) is 9.84. The molecule has 6 heteroatoms. The summed E-state index contributed by atoms with van der Waals surface area (Å²) in [6.07, 6.45) is 0.343. The minimum absolute atomic E-state index is 0.100. The number of nitrogens with zero attached hydrogens (tertiary/aromatic N) is 1. The molecule has 1 atom stereocenters. The molecule has 3 N–H and O–H groups in total. The summed E-state index contributed by atoms with van der Waals surface area (Å²) in [4.78, 5) is 24.4. The van der Waals surface area contributed by atoms with Gasteiger partial charge in [-0.15, -0.1) is 0 Å². The molecule has 3 amide bonds.